The number of hydrogen-bond acceptors (Lipinski definition) is 4. The van der Waals surface area contributed by atoms with Crippen LogP contribution in [0.3, 0.4) is 0 Å². The molecule has 112 valence electrons. The Bertz CT molecular complexity index is 437. The van der Waals surface area contributed by atoms with E-state index in [0.717, 1.165) is 18.0 Å². The molecule has 1 aromatic heterocycles. The molecule has 1 aromatic rings. The van der Waals surface area contributed by atoms with Gasteiger partial charge in [-0.15, -0.1) is 11.3 Å². The van der Waals surface area contributed by atoms with Crippen molar-refractivity contribution in [2.75, 3.05) is 13.1 Å². The number of aliphatic carboxylic acids is 1. The topological polar surface area (TPSA) is 53.4 Å². The lowest BCUT2D eigenvalue weighted by atomic mass is 9.93. The van der Waals surface area contributed by atoms with E-state index in [2.05, 4.69) is 23.7 Å². The second-order valence-corrected chi connectivity index (χ2v) is 6.85. The van der Waals surface area contributed by atoms with Gasteiger partial charge in [0.15, 0.2) is 0 Å². The van der Waals surface area contributed by atoms with Crippen molar-refractivity contribution in [3.63, 3.8) is 0 Å². The maximum atomic E-state index is 10.6. The molecule has 0 amide bonds. The van der Waals surface area contributed by atoms with Gasteiger partial charge in [0.05, 0.1) is 17.1 Å². The lowest BCUT2D eigenvalue weighted by Gasteiger charge is -2.34. The number of nitrogens with zero attached hydrogens (tertiary/aromatic N) is 2. The van der Waals surface area contributed by atoms with E-state index in [0.29, 0.717) is 12.5 Å². The van der Waals surface area contributed by atoms with Gasteiger partial charge in [-0.05, 0) is 45.7 Å². The highest BCUT2D eigenvalue weighted by Crippen LogP contribution is 2.24. The molecule has 1 fully saturated rings. The van der Waals surface area contributed by atoms with Crippen molar-refractivity contribution >= 4 is 17.3 Å². The van der Waals surface area contributed by atoms with E-state index in [-0.39, 0.29) is 6.42 Å². The summed E-state index contributed by atoms with van der Waals surface area (Å²) in [7, 11) is 0. The highest BCUT2D eigenvalue weighted by atomic mass is 32.1. The summed E-state index contributed by atoms with van der Waals surface area (Å²) in [4.78, 5) is 17.7. The van der Waals surface area contributed by atoms with Crippen LogP contribution in [0.25, 0.3) is 0 Å². The zero-order chi connectivity index (χ0) is 14.5. The molecule has 4 nitrogen and oxygen atoms in total. The van der Waals surface area contributed by atoms with Crippen molar-refractivity contribution < 1.29 is 9.90 Å². The molecule has 0 spiro atoms. The van der Waals surface area contributed by atoms with Gasteiger partial charge in [-0.1, -0.05) is 0 Å². The van der Waals surface area contributed by atoms with Gasteiger partial charge in [-0.25, -0.2) is 4.98 Å². The first-order valence-corrected chi connectivity index (χ1v) is 8.31. The highest BCUT2D eigenvalue weighted by Gasteiger charge is 2.21. The molecule has 0 radical (unpaired) electrons. The van der Waals surface area contributed by atoms with E-state index in [1.54, 1.807) is 11.3 Å². The van der Waals surface area contributed by atoms with Crippen LogP contribution in [0.1, 0.15) is 43.8 Å². The lowest BCUT2D eigenvalue weighted by molar-refractivity contribution is -0.136. The molecule has 0 unspecified atom stereocenters. The van der Waals surface area contributed by atoms with Crippen molar-refractivity contribution in [1.29, 1.82) is 0 Å². The van der Waals surface area contributed by atoms with Crippen LogP contribution in [0.2, 0.25) is 0 Å². The van der Waals surface area contributed by atoms with Crippen LogP contribution in [0.4, 0.5) is 0 Å². The molecule has 0 bridgehead atoms. The number of aromatic nitrogens is 1. The molecule has 0 aromatic carbocycles. The number of thiazole rings is 1. The van der Waals surface area contributed by atoms with Gasteiger partial charge in [-0.2, -0.15) is 0 Å². The van der Waals surface area contributed by atoms with Crippen molar-refractivity contribution in [2.24, 2.45) is 5.92 Å². The molecule has 5 heteroatoms. The minimum atomic E-state index is -0.749. The van der Waals surface area contributed by atoms with Crippen LogP contribution in [0.15, 0.2) is 5.38 Å². The zero-order valence-electron chi connectivity index (χ0n) is 12.3. The summed E-state index contributed by atoms with van der Waals surface area (Å²) in [6.45, 7) is 6.91. The van der Waals surface area contributed by atoms with Crippen LogP contribution >= 0.6 is 11.3 Å². The molecule has 2 heterocycles. The molecule has 1 saturated heterocycles. The van der Waals surface area contributed by atoms with E-state index in [4.69, 9.17) is 5.11 Å². The Morgan fingerprint density at radius 1 is 1.50 bits per heavy atom. The molecule has 0 saturated carbocycles. The largest absolute Gasteiger partial charge is 0.481 e. The van der Waals surface area contributed by atoms with Crippen LogP contribution in [0, 0.1) is 5.92 Å². The Morgan fingerprint density at radius 3 is 2.80 bits per heavy atom. The maximum absolute atomic E-state index is 10.6. The number of piperidine rings is 1. The van der Waals surface area contributed by atoms with Crippen molar-refractivity contribution in [3.05, 3.63) is 16.1 Å². The number of carboxylic acid groups (broad SMARTS) is 1. The third-order valence-corrected chi connectivity index (χ3v) is 4.96. The number of aryl methyl sites for hydroxylation is 1. The Labute approximate surface area is 124 Å². The van der Waals surface area contributed by atoms with Gasteiger partial charge >= 0.3 is 5.97 Å². The summed E-state index contributed by atoms with van der Waals surface area (Å²) in [5, 5.41) is 11.9. The summed E-state index contributed by atoms with van der Waals surface area (Å²) in [6.07, 6.45) is 4.29. The Kier molecular flexibility index (Phi) is 5.54. The smallest absolute Gasteiger partial charge is 0.303 e. The minimum absolute atomic E-state index is 0.177. The SMILES string of the molecule is CC(C)N1CCC(Cc2nc(CCC(=O)O)cs2)CC1. The third-order valence-electron chi connectivity index (χ3n) is 4.04. The first-order chi connectivity index (χ1) is 9.54. The van der Waals surface area contributed by atoms with Gasteiger partial charge in [0.25, 0.3) is 0 Å². The molecular weight excluding hydrogens is 272 g/mol. The zero-order valence-corrected chi connectivity index (χ0v) is 13.2. The highest BCUT2D eigenvalue weighted by molar-refractivity contribution is 7.09. The average Bonchev–Trinajstić information content (AvgIpc) is 2.84. The second kappa shape index (κ2) is 7.18. The lowest BCUT2D eigenvalue weighted by Crippen LogP contribution is -2.38. The number of hydrogen-bond donors (Lipinski definition) is 1. The van der Waals surface area contributed by atoms with Crippen LogP contribution in [0.5, 0.6) is 0 Å². The number of rotatable bonds is 6. The molecule has 1 aliphatic rings. The van der Waals surface area contributed by atoms with Gasteiger partial charge in [0.2, 0.25) is 0 Å². The van der Waals surface area contributed by atoms with E-state index in [9.17, 15) is 4.79 Å². The molecule has 0 atom stereocenters. The van der Waals surface area contributed by atoms with E-state index >= 15 is 0 Å². The van der Waals surface area contributed by atoms with E-state index in [1.807, 2.05) is 5.38 Å². The third kappa shape index (κ3) is 4.56. The monoisotopic (exact) mass is 296 g/mol. The summed E-state index contributed by atoms with van der Waals surface area (Å²) in [5.41, 5.74) is 0.937. The minimum Gasteiger partial charge on any atom is -0.481 e. The quantitative estimate of drug-likeness (QED) is 0.877. The Hall–Kier alpha value is -0.940. The summed E-state index contributed by atoms with van der Waals surface area (Å²) in [5.74, 6) is -0.0101. The average molecular weight is 296 g/mol. The summed E-state index contributed by atoms with van der Waals surface area (Å²) in [6, 6.07) is 0.651. The molecule has 1 aliphatic heterocycles. The van der Waals surface area contributed by atoms with Crippen LogP contribution < -0.4 is 0 Å². The Morgan fingerprint density at radius 2 is 2.20 bits per heavy atom. The first-order valence-electron chi connectivity index (χ1n) is 7.43. The van der Waals surface area contributed by atoms with Crippen molar-refractivity contribution in [1.82, 2.24) is 9.88 Å². The maximum Gasteiger partial charge on any atom is 0.303 e. The van der Waals surface area contributed by atoms with Crippen LogP contribution in [-0.4, -0.2) is 40.1 Å². The summed E-state index contributed by atoms with van der Waals surface area (Å²) >= 11 is 1.68. The van der Waals surface area contributed by atoms with Gasteiger partial charge in [0, 0.05) is 24.3 Å². The number of carbonyl (C=O) groups is 1. The van der Waals surface area contributed by atoms with Gasteiger partial charge in [0.1, 0.15) is 0 Å². The van der Waals surface area contributed by atoms with Gasteiger partial charge in [-0.3, -0.25) is 4.79 Å². The molecule has 2 rings (SSSR count). The molecular formula is C15H24N2O2S. The number of carboxylic acids is 1. The first kappa shape index (κ1) is 15.4. The number of likely N-dealkylation sites (tertiary alicyclic amines) is 1. The standard InChI is InChI=1S/C15H24N2O2S/c1-11(2)17-7-5-12(6-8-17)9-14-16-13(10-20-14)3-4-15(18)19/h10-12H,3-9H2,1-2H3,(H,18,19). The van der Waals surface area contributed by atoms with Crippen LogP contribution in [-0.2, 0) is 17.6 Å². The second-order valence-electron chi connectivity index (χ2n) is 5.90. The predicted octanol–water partition coefficient (Wildman–Crippen LogP) is 2.82. The fraction of sp³-hybridized carbons (Fsp3) is 0.733. The van der Waals surface area contributed by atoms with Crippen molar-refractivity contribution in [2.45, 2.75) is 52.0 Å². The van der Waals surface area contributed by atoms with E-state index < -0.39 is 5.97 Å². The Balaban J connectivity index is 1.78. The van der Waals surface area contributed by atoms with Gasteiger partial charge < -0.3 is 10.0 Å². The molecule has 1 N–H and O–H groups in total. The molecule has 0 aliphatic carbocycles. The summed E-state index contributed by atoms with van der Waals surface area (Å²) < 4.78 is 0. The van der Waals surface area contributed by atoms with E-state index in [1.165, 1.54) is 30.9 Å². The molecule has 20 heavy (non-hydrogen) atoms. The fourth-order valence-corrected chi connectivity index (χ4v) is 3.66. The van der Waals surface area contributed by atoms with Crippen molar-refractivity contribution in [3.8, 4) is 0 Å². The normalized spacial score (nSPS) is 17.8. The predicted molar refractivity (Wildman–Crippen MR) is 81.2 cm³/mol. The fourth-order valence-electron chi connectivity index (χ4n) is 2.71.